The van der Waals surface area contributed by atoms with E-state index in [9.17, 15) is 0 Å². The second-order valence-corrected chi connectivity index (χ2v) is 9.30. The molecule has 0 atom stereocenters. The number of hydrogen-bond acceptors (Lipinski definition) is 1. The number of benzene rings is 3. The molecular weight excluding hydrogens is 501 g/mol. The number of aryl methyl sites for hydroxylation is 1. The summed E-state index contributed by atoms with van der Waals surface area (Å²) in [5, 5.41) is 0. The number of halogens is 1. The van der Waals surface area contributed by atoms with Gasteiger partial charge in [-0.05, 0) is 6.92 Å². The van der Waals surface area contributed by atoms with Crippen molar-refractivity contribution in [2.24, 2.45) is 0 Å². The average molecular weight is 527 g/mol. The van der Waals surface area contributed by atoms with Crippen molar-refractivity contribution in [3.63, 3.8) is 0 Å². The quantitative estimate of drug-likeness (QED) is 0.302. The number of allylic oxidation sites excluding steroid dienone is 5. The van der Waals surface area contributed by atoms with Gasteiger partial charge in [-0.1, -0.05) is 29.8 Å². The molecule has 3 heteroatoms. The van der Waals surface area contributed by atoms with E-state index in [0.29, 0.717) is 0 Å². The molecule has 0 aromatic heterocycles. The fourth-order valence-electron chi connectivity index (χ4n) is 4.00. The zero-order valence-corrected chi connectivity index (χ0v) is 20.9. The summed E-state index contributed by atoms with van der Waals surface area (Å²) in [7, 11) is 0. The van der Waals surface area contributed by atoms with E-state index in [0.717, 1.165) is 27.6 Å². The fourth-order valence-corrected chi connectivity index (χ4v) is 4.65. The molecule has 0 saturated carbocycles. The van der Waals surface area contributed by atoms with Crippen LogP contribution < -0.4 is 4.90 Å². The predicted molar refractivity (Wildman–Crippen MR) is 138 cm³/mol. The Balaban J connectivity index is 1.70. The molecule has 164 valence electrons. The molecule has 3 aromatic rings. The van der Waals surface area contributed by atoms with Crippen molar-refractivity contribution < 1.29 is 15.0 Å². The van der Waals surface area contributed by atoms with Gasteiger partial charge < -0.3 is 0 Å². The Hall–Kier alpha value is -2.48. The SMILES string of the molecule is CCN(Cc1cccc(C)c1)c1ccc(C(=C2C=C[C](=[Ni])C=C2)c2ccccc2Br)cc1. The van der Waals surface area contributed by atoms with Crippen molar-refractivity contribution >= 4 is 31.7 Å². The molecule has 3 aromatic carbocycles. The maximum absolute atomic E-state index is 5.00. The van der Waals surface area contributed by atoms with Gasteiger partial charge in [-0.25, -0.2) is 0 Å². The average Bonchev–Trinajstić information content (AvgIpc) is 2.81. The molecular formula is C29H26BrNNi. The van der Waals surface area contributed by atoms with Crippen LogP contribution in [-0.2, 0) is 21.6 Å². The third kappa shape index (κ3) is 5.29. The van der Waals surface area contributed by atoms with Crippen molar-refractivity contribution in [1.82, 2.24) is 0 Å². The molecule has 1 aliphatic rings. The first kappa shape index (κ1) is 22.7. The molecule has 1 nitrogen and oxygen atoms in total. The molecule has 0 saturated heterocycles. The van der Waals surface area contributed by atoms with Crippen molar-refractivity contribution in [3.8, 4) is 0 Å². The first-order valence-electron chi connectivity index (χ1n) is 10.8. The molecule has 0 heterocycles. The summed E-state index contributed by atoms with van der Waals surface area (Å²) in [6, 6.07) is 26.0. The van der Waals surface area contributed by atoms with Crippen molar-refractivity contribution in [1.29, 1.82) is 0 Å². The van der Waals surface area contributed by atoms with Gasteiger partial charge in [0, 0.05) is 0 Å². The summed E-state index contributed by atoms with van der Waals surface area (Å²) in [4.78, 5) is 2.41. The van der Waals surface area contributed by atoms with Crippen LogP contribution in [0.5, 0.6) is 0 Å². The molecule has 0 amide bonds. The Labute approximate surface area is 207 Å². The second kappa shape index (κ2) is 10.4. The van der Waals surface area contributed by atoms with Gasteiger partial charge in [0.25, 0.3) is 0 Å². The van der Waals surface area contributed by atoms with E-state index in [2.05, 4.69) is 114 Å². The van der Waals surface area contributed by atoms with E-state index < -0.39 is 0 Å². The van der Waals surface area contributed by atoms with Gasteiger partial charge in [-0.3, -0.25) is 0 Å². The second-order valence-electron chi connectivity index (χ2n) is 7.88. The van der Waals surface area contributed by atoms with Gasteiger partial charge in [0.05, 0.1) is 0 Å². The number of rotatable bonds is 6. The molecule has 1 aliphatic carbocycles. The summed E-state index contributed by atoms with van der Waals surface area (Å²) >= 11 is 8.75. The van der Waals surface area contributed by atoms with E-state index in [1.54, 1.807) is 0 Å². The third-order valence-corrected chi connectivity index (χ3v) is 6.63. The van der Waals surface area contributed by atoms with Gasteiger partial charge in [0.1, 0.15) is 0 Å². The summed E-state index contributed by atoms with van der Waals surface area (Å²) in [5.74, 6) is 0. The minimum atomic E-state index is 0.894. The predicted octanol–water partition coefficient (Wildman–Crippen LogP) is 7.43. The van der Waals surface area contributed by atoms with E-state index in [1.165, 1.54) is 33.5 Å². The normalized spacial score (nSPS) is 12.9. The molecule has 0 bridgehead atoms. The molecule has 0 fully saturated rings. The number of nitrogens with zero attached hydrogens (tertiary/aromatic N) is 1. The van der Waals surface area contributed by atoms with Crippen LogP contribution in [-0.4, -0.2) is 11.0 Å². The monoisotopic (exact) mass is 525 g/mol. The molecule has 32 heavy (non-hydrogen) atoms. The van der Waals surface area contributed by atoms with Crippen molar-refractivity contribution in [3.05, 3.63) is 129 Å². The molecule has 0 radical (unpaired) electrons. The first-order chi connectivity index (χ1) is 15.5. The topological polar surface area (TPSA) is 3.24 Å². The molecule has 0 N–H and O–H groups in total. The standard InChI is InChI=1S/C29H26BrN.Ni/c1-3-31(21-23-11-9-10-22(2)20-23)26-18-16-25(17-19-26)29(24-12-5-4-6-13-24)27-14-7-8-15-28(27)30;/h5-20H,3,21H2,1-2H3;. The van der Waals surface area contributed by atoms with Gasteiger partial charge >= 0.3 is 171 Å². The summed E-state index contributed by atoms with van der Waals surface area (Å²) in [5.41, 5.74) is 8.59. The van der Waals surface area contributed by atoms with E-state index in [4.69, 9.17) is 15.0 Å². The van der Waals surface area contributed by atoms with Gasteiger partial charge in [0.2, 0.25) is 0 Å². The van der Waals surface area contributed by atoms with Gasteiger partial charge in [-0.15, -0.1) is 0 Å². The van der Waals surface area contributed by atoms with Crippen LogP contribution in [0.4, 0.5) is 5.69 Å². The number of anilines is 1. The Morgan fingerprint density at radius 3 is 2.25 bits per heavy atom. The Bertz CT molecular complexity index is 1200. The Morgan fingerprint density at radius 2 is 1.59 bits per heavy atom. The van der Waals surface area contributed by atoms with Crippen LogP contribution in [0.1, 0.15) is 29.2 Å². The minimum absolute atomic E-state index is 0.894. The van der Waals surface area contributed by atoms with Crippen LogP contribution in [0.3, 0.4) is 0 Å². The zero-order chi connectivity index (χ0) is 22.5. The third-order valence-electron chi connectivity index (χ3n) is 5.61. The molecule has 0 unspecified atom stereocenters. The zero-order valence-electron chi connectivity index (χ0n) is 18.3. The number of hydrogen-bond donors (Lipinski definition) is 0. The first-order valence-corrected chi connectivity index (χ1v) is 12.1. The molecule has 0 spiro atoms. The van der Waals surface area contributed by atoms with Gasteiger partial charge in [-0.2, -0.15) is 0 Å². The van der Waals surface area contributed by atoms with Crippen LogP contribution in [0.2, 0.25) is 0 Å². The van der Waals surface area contributed by atoms with Crippen LogP contribution in [0.25, 0.3) is 5.57 Å². The molecule has 0 aliphatic heterocycles. The van der Waals surface area contributed by atoms with E-state index in [-0.39, 0.29) is 0 Å². The summed E-state index contributed by atoms with van der Waals surface area (Å²) in [6.45, 7) is 6.21. The van der Waals surface area contributed by atoms with Crippen LogP contribution in [0.15, 0.2) is 107 Å². The molecule has 4 rings (SSSR count). The van der Waals surface area contributed by atoms with Crippen molar-refractivity contribution in [2.75, 3.05) is 11.4 Å². The van der Waals surface area contributed by atoms with E-state index >= 15 is 0 Å². The van der Waals surface area contributed by atoms with Crippen LogP contribution in [0, 0.1) is 6.92 Å². The maximum atomic E-state index is 5.00. The Morgan fingerprint density at radius 1 is 0.875 bits per heavy atom. The summed E-state index contributed by atoms with van der Waals surface area (Å²) < 4.78 is 1.98. The van der Waals surface area contributed by atoms with Crippen molar-refractivity contribution in [2.45, 2.75) is 20.4 Å². The Kier molecular flexibility index (Phi) is 7.40. The fraction of sp³-hybridized carbons (Fsp3) is 0.138. The summed E-state index contributed by atoms with van der Waals surface area (Å²) in [6.07, 6.45) is 8.28. The van der Waals surface area contributed by atoms with Gasteiger partial charge in [0.15, 0.2) is 0 Å². The van der Waals surface area contributed by atoms with E-state index in [1.807, 2.05) is 18.2 Å². The van der Waals surface area contributed by atoms with Crippen LogP contribution >= 0.6 is 15.9 Å².